The lowest BCUT2D eigenvalue weighted by Gasteiger charge is -2.08. The van der Waals surface area contributed by atoms with Crippen LogP contribution in [0.1, 0.15) is 5.69 Å². The zero-order valence-corrected chi connectivity index (χ0v) is 15.7. The van der Waals surface area contributed by atoms with Crippen molar-refractivity contribution in [1.29, 1.82) is 0 Å². The van der Waals surface area contributed by atoms with Gasteiger partial charge in [0.15, 0.2) is 4.34 Å². The van der Waals surface area contributed by atoms with Crippen LogP contribution in [-0.2, 0) is 4.79 Å². The molecule has 0 saturated carbocycles. The molecule has 0 fully saturated rings. The Labute approximate surface area is 159 Å². The number of para-hydroxylation sites is 2. The zero-order chi connectivity index (χ0) is 17.9. The quantitative estimate of drug-likeness (QED) is 0.517. The minimum absolute atomic E-state index is 0.0775. The van der Waals surface area contributed by atoms with Crippen molar-refractivity contribution in [2.75, 3.05) is 11.1 Å². The van der Waals surface area contributed by atoms with E-state index in [1.807, 2.05) is 67.6 Å². The number of thioether (sulfide) groups is 1. The normalized spacial score (nSPS) is 11.0. The molecule has 2 aromatic heterocycles. The van der Waals surface area contributed by atoms with Gasteiger partial charge in [0, 0.05) is 6.07 Å². The maximum absolute atomic E-state index is 12.4. The highest BCUT2D eigenvalue weighted by atomic mass is 32.2. The highest BCUT2D eigenvalue weighted by Crippen LogP contribution is 2.29. The van der Waals surface area contributed by atoms with Gasteiger partial charge in [-0.3, -0.25) is 4.79 Å². The van der Waals surface area contributed by atoms with Crippen LogP contribution in [0.3, 0.4) is 0 Å². The Bertz CT molecular complexity index is 1020. The summed E-state index contributed by atoms with van der Waals surface area (Å²) in [6, 6.07) is 19.6. The summed E-state index contributed by atoms with van der Waals surface area (Å²) < 4.78 is 3.78. The van der Waals surface area contributed by atoms with E-state index in [0.29, 0.717) is 11.6 Å². The number of nitrogens with zero attached hydrogens (tertiary/aromatic N) is 3. The van der Waals surface area contributed by atoms with Gasteiger partial charge in [0.1, 0.15) is 5.82 Å². The maximum Gasteiger partial charge on any atom is 0.235 e. The number of amides is 1. The predicted molar refractivity (Wildman–Crippen MR) is 107 cm³/mol. The predicted octanol–water partition coefficient (Wildman–Crippen LogP) is 4.52. The van der Waals surface area contributed by atoms with E-state index in [4.69, 9.17) is 0 Å². The molecular formula is C19H16N4OS2. The molecule has 0 aliphatic heterocycles. The van der Waals surface area contributed by atoms with Crippen molar-refractivity contribution in [3.63, 3.8) is 0 Å². The van der Waals surface area contributed by atoms with E-state index in [0.717, 1.165) is 25.9 Å². The number of aryl methyl sites for hydroxylation is 1. The fraction of sp³-hybridized carbons (Fsp3) is 0.105. The van der Waals surface area contributed by atoms with Crippen LogP contribution in [0, 0.1) is 6.92 Å². The van der Waals surface area contributed by atoms with E-state index in [-0.39, 0.29) is 5.91 Å². The summed E-state index contributed by atoms with van der Waals surface area (Å²) in [5, 5.41) is 7.42. The molecule has 0 saturated heterocycles. The average molecular weight is 380 g/mol. The number of benzene rings is 2. The first-order chi connectivity index (χ1) is 12.7. The summed E-state index contributed by atoms with van der Waals surface area (Å²) in [6.45, 7) is 1.91. The maximum atomic E-state index is 12.4. The standard InChI is InChI=1S/C19H16N4OS2/c1-13-11-17(23(22-13)14-7-3-2-4-8-14)21-18(24)12-25-19-20-15-9-5-6-10-16(15)26-19/h2-11H,12H2,1H3,(H,21,24). The van der Waals surface area contributed by atoms with E-state index in [2.05, 4.69) is 15.4 Å². The number of nitrogens with one attached hydrogen (secondary N) is 1. The van der Waals surface area contributed by atoms with Crippen LogP contribution < -0.4 is 5.32 Å². The van der Waals surface area contributed by atoms with Crippen molar-refractivity contribution >= 4 is 45.0 Å². The van der Waals surface area contributed by atoms with Gasteiger partial charge in [-0.25, -0.2) is 9.67 Å². The van der Waals surface area contributed by atoms with Gasteiger partial charge in [-0.2, -0.15) is 5.10 Å². The third kappa shape index (κ3) is 3.63. The highest BCUT2D eigenvalue weighted by Gasteiger charge is 2.12. The van der Waals surface area contributed by atoms with Crippen molar-refractivity contribution in [3.05, 3.63) is 66.4 Å². The molecule has 0 unspecified atom stereocenters. The number of carbonyl (C=O) groups is 1. The second-order valence-electron chi connectivity index (χ2n) is 5.70. The van der Waals surface area contributed by atoms with Crippen molar-refractivity contribution < 1.29 is 4.79 Å². The summed E-state index contributed by atoms with van der Waals surface area (Å²) in [4.78, 5) is 16.9. The second kappa shape index (κ2) is 7.31. The monoisotopic (exact) mass is 380 g/mol. The van der Waals surface area contributed by atoms with E-state index < -0.39 is 0 Å². The summed E-state index contributed by atoms with van der Waals surface area (Å²) in [6.07, 6.45) is 0. The van der Waals surface area contributed by atoms with Crippen LogP contribution in [0.25, 0.3) is 15.9 Å². The fourth-order valence-electron chi connectivity index (χ4n) is 2.57. The molecule has 0 bridgehead atoms. The molecule has 130 valence electrons. The second-order valence-corrected chi connectivity index (χ2v) is 7.96. The van der Waals surface area contributed by atoms with Crippen molar-refractivity contribution in [3.8, 4) is 5.69 Å². The van der Waals surface area contributed by atoms with Crippen LogP contribution in [0.2, 0.25) is 0 Å². The molecule has 0 aliphatic rings. The Balaban J connectivity index is 1.45. The van der Waals surface area contributed by atoms with E-state index in [1.165, 1.54) is 11.8 Å². The fourth-order valence-corrected chi connectivity index (χ4v) is 4.44. The Morgan fingerprint density at radius 3 is 2.73 bits per heavy atom. The molecular weight excluding hydrogens is 364 g/mol. The number of aromatic nitrogens is 3. The largest absolute Gasteiger partial charge is 0.310 e. The highest BCUT2D eigenvalue weighted by molar-refractivity contribution is 8.01. The van der Waals surface area contributed by atoms with Gasteiger partial charge in [-0.15, -0.1) is 11.3 Å². The molecule has 1 N–H and O–H groups in total. The van der Waals surface area contributed by atoms with E-state index in [1.54, 1.807) is 16.0 Å². The summed E-state index contributed by atoms with van der Waals surface area (Å²) in [5.41, 5.74) is 2.73. The first kappa shape index (κ1) is 16.8. The van der Waals surface area contributed by atoms with Crippen molar-refractivity contribution in [1.82, 2.24) is 14.8 Å². The van der Waals surface area contributed by atoms with Gasteiger partial charge in [-0.1, -0.05) is 42.1 Å². The van der Waals surface area contributed by atoms with Crippen molar-refractivity contribution in [2.45, 2.75) is 11.3 Å². The summed E-state index contributed by atoms with van der Waals surface area (Å²) >= 11 is 3.05. The Kier molecular flexibility index (Phi) is 4.73. The molecule has 4 aromatic rings. The van der Waals surface area contributed by atoms with E-state index in [9.17, 15) is 4.79 Å². The minimum Gasteiger partial charge on any atom is -0.310 e. The van der Waals surface area contributed by atoms with Gasteiger partial charge in [-0.05, 0) is 31.2 Å². The summed E-state index contributed by atoms with van der Waals surface area (Å²) in [7, 11) is 0. The summed E-state index contributed by atoms with van der Waals surface area (Å²) in [5.74, 6) is 0.897. The molecule has 0 aliphatic carbocycles. The third-order valence-electron chi connectivity index (χ3n) is 3.70. The first-order valence-electron chi connectivity index (χ1n) is 8.09. The molecule has 4 rings (SSSR count). The SMILES string of the molecule is Cc1cc(NC(=O)CSc2nc3ccccc3s2)n(-c2ccccc2)n1. The van der Waals surface area contributed by atoms with Crippen molar-refractivity contribution in [2.24, 2.45) is 0 Å². The van der Waals surface area contributed by atoms with Gasteiger partial charge in [0.2, 0.25) is 5.91 Å². The molecule has 26 heavy (non-hydrogen) atoms. The topological polar surface area (TPSA) is 59.8 Å². The molecule has 5 nitrogen and oxygen atoms in total. The number of hydrogen-bond acceptors (Lipinski definition) is 5. The number of fused-ring (bicyclic) bond motifs is 1. The Hall–Kier alpha value is -2.64. The Morgan fingerprint density at radius 2 is 1.92 bits per heavy atom. The minimum atomic E-state index is -0.0775. The molecule has 7 heteroatoms. The lowest BCUT2D eigenvalue weighted by atomic mass is 10.3. The van der Waals surface area contributed by atoms with Gasteiger partial charge >= 0.3 is 0 Å². The number of carbonyl (C=O) groups excluding carboxylic acids is 1. The number of hydrogen-bond donors (Lipinski definition) is 1. The molecule has 2 aromatic carbocycles. The van der Waals surface area contributed by atoms with Gasteiger partial charge < -0.3 is 5.32 Å². The lowest BCUT2D eigenvalue weighted by Crippen LogP contribution is -2.16. The Morgan fingerprint density at radius 1 is 1.15 bits per heavy atom. The first-order valence-corrected chi connectivity index (χ1v) is 9.89. The van der Waals surface area contributed by atoms with Crippen LogP contribution in [0.5, 0.6) is 0 Å². The average Bonchev–Trinajstić information content (AvgIpc) is 3.23. The van der Waals surface area contributed by atoms with E-state index >= 15 is 0 Å². The molecule has 2 heterocycles. The number of anilines is 1. The van der Waals surface area contributed by atoms with Crippen LogP contribution >= 0.6 is 23.1 Å². The molecule has 0 radical (unpaired) electrons. The van der Waals surface area contributed by atoms with Crippen LogP contribution in [-0.4, -0.2) is 26.4 Å². The van der Waals surface area contributed by atoms with Crippen LogP contribution in [0.4, 0.5) is 5.82 Å². The van der Waals surface area contributed by atoms with Crippen LogP contribution in [0.15, 0.2) is 65.0 Å². The van der Waals surface area contributed by atoms with Gasteiger partial charge in [0.05, 0.1) is 27.4 Å². The van der Waals surface area contributed by atoms with Gasteiger partial charge in [0.25, 0.3) is 0 Å². The number of thiazole rings is 1. The molecule has 1 amide bonds. The molecule has 0 atom stereocenters. The lowest BCUT2D eigenvalue weighted by molar-refractivity contribution is -0.113. The molecule has 0 spiro atoms. The zero-order valence-electron chi connectivity index (χ0n) is 14.0. The third-order valence-corrected chi connectivity index (χ3v) is 5.88. The smallest absolute Gasteiger partial charge is 0.235 e. The number of rotatable bonds is 5.